The van der Waals surface area contributed by atoms with E-state index in [1.54, 1.807) is 35.2 Å². The average molecular weight is 573 g/mol. The lowest BCUT2D eigenvalue weighted by atomic mass is 9.95. The van der Waals surface area contributed by atoms with Crippen LogP contribution in [0.4, 0.5) is 8.78 Å². The molecule has 1 saturated carbocycles. The number of hydrogen-bond donors (Lipinski definition) is 1. The maximum atomic E-state index is 13.3. The third-order valence-corrected chi connectivity index (χ3v) is 7.60. The summed E-state index contributed by atoms with van der Waals surface area (Å²) in [6, 6.07) is 9.16. The van der Waals surface area contributed by atoms with E-state index in [1.807, 2.05) is 0 Å². The first-order valence-electron chi connectivity index (χ1n) is 13.9. The zero-order valence-corrected chi connectivity index (χ0v) is 22.9. The summed E-state index contributed by atoms with van der Waals surface area (Å²) in [5.74, 6) is -0.363. The maximum absolute atomic E-state index is 13.3. The maximum Gasteiger partial charge on any atom is 0.387 e. The van der Waals surface area contributed by atoms with Gasteiger partial charge >= 0.3 is 6.61 Å². The van der Waals surface area contributed by atoms with E-state index in [-0.39, 0.29) is 41.7 Å². The molecule has 1 aliphatic carbocycles. The number of aromatic nitrogens is 1. The summed E-state index contributed by atoms with van der Waals surface area (Å²) < 4.78 is 41.6. The first-order valence-corrected chi connectivity index (χ1v) is 13.9. The fourth-order valence-corrected chi connectivity index (χ4v) is 5.17. The standard InChI is InChI=1S/C29H34F2N4O6/c1-18(36)35-16-21(20-7-8-25(41-29(30)31)26(14-20)40-17-19-5-6-19)13-24(35)27(37)32-15-22-3-2-4-23(33-22)28(38)34-9-11-39-12-10-34/h2-4,7-8,14,19,21,24,29H,5-6,9-13,15-17H2,1H3,(H,32,37)/t21?,24-/m1/s1. The smallest absolute Gasteiger partial charge is 0.387 e. The molecule has 3 fully saturated rings. The predicted molar refractivity (Wildman–Crippen MR) is 143 cm³/mol. The molecule has 220 valence electrons. The van der Waals surface area contributed by atoms with Crippen molar-refractivity contribution in [2.24, 2.45) is 5.92 Å². The van der Waals surface area contributed by atoms with Gasteiger partial charge in [-0.3, -0.25) is 14.4 Å². The number of ether oxygens (including phenoxy) is 3. The zero-order valence-electron chi connectivity index (χ0n) is 22.9. The Labute approximate surface area is 236 Å². The minimum absolute atomic E-state index is 0.0399. The van der Waals surface area contributed by atoms with E-state index in [2.05, 4.69) is 15.0 Å². The second kappa shape index (κ2) is 12.8. The summed E-state index contributed by atoms with van der Waals surface area (Å²) in [6.45, 7) is 1.21. The number of morpholine rings is 1. The molecule has 10 nitrogen and oxygen atoms in total. The van der Waals surface area contributed by atoms with Gasteiger partial charge in [0.15, 0.2) is 11.5 Å². The van der Waals surface area contributed by atoms with E-state index in [1.165, 1.54) is 17.9 Å². The van der Waals surface area contributed by atoms with Crippen LogP contribution in [0, 0.1) is 5.92 Å². The Morgan fingerprint density at radius 1 is 1.12 bits per heavy atom. The van der Waals surface area contributed by atoms with E-state index in [4.69, 9.17) is 9.47 Å². The molecular formula is C29H34F2N4O6. The number of halogens is 2. The fraction of sp³-hybridized carbons (Fsp3) is 0.517. The topological polar surface area (TPSA) is 110 Å². The molecule has 2 aromatic rings. The number of nitrogens with zero attached hydrogens (tertiary/aromatic N) is 3. The minimum Gasteiger partial charge on any atom is -0.489 e. The number of pyridine rings is 1. The summed E-state index contributed by atoms with van der Waals surface area (Å²) in [6.07, 6.45) is 2.44. The number of hydrogen-bond acceptors (Lipinski definition) is 7. The number of carbonyl (C=O) groups is 3. The van der Waals surface area contributed by atoms with Gasteiger partial charge in [-0.15, -0.1) is 0 Å². The molecule has 0 radical (unpaired) electrons. The van der Waals surface area contributed by atoms with Crippen LogP contribution in [-0.2, 0) is 20.9 Å². The summed E-state index contributed by atoms with van der Waals surface area (Å²) in [5.41, 5.74) is 1.59. The van der Waals surface area contributed by atoms with Crippen molar-refractivity contribution >= 4 is 17.7 Å². The molecule has 3 aliphatic rings. The van der Waals surface area contributed by atoms with Crippen LogP contribution in [0.3, 0.4) is 0 Å². The Morgan fingerprint density at radius 2 is 1.90 bits per heavy atom. The van der Waals surface area contributed by atoms with Gasteiger partial charge in [-0.05, 0) is 55.0 Å². The lowest BCUT2D eigenvalue weighted by Crippen LogP contribution is -2.45. The van der Waals surface area contributed by atoms with Crippen molar-refractivity contribution in [3.63, 3.8) is 0 Å². The monoisotopic (exact) mass is 572 g/mol. The van der Waals surface area contributed by atoms with Gasteiger partial charge in [0.1, 0.15) is 11.7 Å². The summed E-state index contributed by atoms with van der Waals surface area (Å²) in [5, 5.41) is 2.86. The van der Waals surface area contributed by atoms with Crippen molar-refractivity contribution in [2.45, 2.75) is 51.3 Å². The molecule has 2 aliphatic heterocycles. The lowest BCUT2D eigenvalue weighted by Gasteiger charge is -2.26. The fourth-order valence-electron chi connectivity index (χ4n) is 5.17. The molecule has 2 saturated heterocycles. The number of likely N-dealkylation sites (tertiary alicyclic amines) is 1. The van der Waals surface area contributed by atoms with Gasteiger partial charge < -0.3 is 29.3 Å². The Bertz CT molecular complexity index is 1270. The molecule has 1 N–H and O–H groups in total. The number of benzene rings is 1. The van der Waals surface area contributed by atoms with Crippen molar-refractivity contribution in [2.75, 3.05) is 39.5 Å². The molecule has 1 aromatic heterocycles. The van der Waals surface area contributed by atoms with Crippen LogP contribution in [0.2, 0.25) is 0 Å². The summed E-state index contributed by atoms with van der Waals surface area (Å²) >= 11 is 0. The minimum atomic E-state index is -2.98. The van der Waals surface area contributed by atoms with Crippen molar-refractivity contribution < 1.29 is 37.4 Å². The van der Waals surface area contributed by atoms with Crippen molar-refractivity contribution in [1.29, 1.82) is 0 Å². The van der Waals surface area contributed by atoms with Crippen molar-refractivity contribution in [3.8, 4) is 11.5 Å². The van der Waals surface area contributed by atoms with Gasteiger partial charge in [-0.1, -0.05) is 12.1 Å². The van der Waals surface area contributed by atoms with Crippen LogP contribution in [0.25, 0.3) is 0 Å². The molecule has 12 heteroatoms. The summed E-state index contributed by atoms with van der Waals surface area (Å²) in [4.78, 5) is 46.1. The molecular weight excluding hydrogens is 538 g/mol. The second-order valence-corrected chi connectivity index (χ2v) is 10.6. The quantitative estimate of drug-likeness (QED) is 0.466. The van der Waals surface area contributed by atoms with Gasteiger partial charge in [0.25, 0.3) is 5.91 Å². The van der Waals surface area contributed by atoms with Crippen LogP contribution in [0.15, 0.2) is 36.4 Å². The Morgan fingerprint density at radius 3 is 2.61 bits per heavy atom. The third kappa shape index (κ3) is 7.29. The van der Waals surface area contributed by atoms with E-state index >= 15 is 0 Å². The Balaban J connectivity index is 1.24. The predicted octanol–water partition coefficient (Wildman–Crippen LogP) is 2.97. The van der Waals surface area contributed by atoms with Crippen LogP contribution < -0.4 is 14.8 Å². The molecule has 3 heterocycles. The Hall–Kier alpha value is -3.80. The normalized spacial score (nSPS) is 20.7. The molecule has 41 heavy (non-hydrogen) atoms. The van der Waals surface area contributed by atoms with Crippen LogP contribution in [-0.4, -0.2) is 84.6 Å². The number of rotatable bonds is 10. The van der Waals surface area contributed by atoms with Crippen molar-refractivity contribution in [1.82, 2.24) is 20.1 Å². The van der Waals surface area contributed by atoms with Gasteiger partial charge in [-0.2, -0.15) is 8.78 Å². The van der Waals surface area contributed by atoms with Crippen LogP contribution >= 0.6 is 0 Å². The summed E-state index contributed by atoms with van der Waals surface area (Å²) in [7, 11) is 0. The first-order chi connectivity index (χ1) is 19.8. The molecule has 3 amide bonds. The van der Waals surface area contributed by atoms with Crippen LogP contribution in [0.1, 0.15) is 53.8 Å². The SMILES string of the molecule is CC(=O)N1CC(c2ccc(OC(F)F)c(OCC3CC3)c2)C[C@@H]1C(=O)NCc1cccc(C(=O)N2CCOCC2)n1. The second-order valence-electron chi connectivity index (χ2n) is 10.6. The first kappa shape index (κ1) is 28.7. The molecule has 1 unspecified atom stereocenters. The van der Waals surface area contributed by atoms with E-state index in [9.17, 15) is 23.2 Å². The molecule has 0 bridgehead atoms. The molecule has 0 spiro atoms. The van der Waals surface area contributed by atoms with E-state index < -0.39 is 12.7 Å². The number of alkyl halides is 2. The molecule has 5 rings (SSSR count). The van der Waals surface area contributed by atoms with Gasteiger partial charge in [0, 0.05) is 32.5 Å². The van der Waals surface area contributed by atoms with Crippen LogP contribution in [0.5, 0.6) is 11.5 Å². The number of nitrogens with one attached hydrogen (secondary N) is 1. The van der Waals surface area contributed by atoms with Gasteiger partial charge in [0.2, 0.25) is 11.8 Å². The van der Waals surface area contributed by atoms with E-state index in [0.29, 0.717) is 63.2 Å². The highest BCUT2D eigenvalue weighted by Gasteiger charge is 2.39. The highest BCUT2D eigenvalue weighted by molar-refractivity contribution is 5.92. The Kier molecular flexibility index (Phi) is 8.96. The van der Waals surface area contributed by atoms with Gasteiger partial charge in [0.05, 0.1) is 32.1 Å². The average Bonchev–Trinajstić information content (AvgIpc) is 3.70. The third-order valence-electron chi connectivity index (χ3n) is 7.60. The zero-order chi connectivity index (χ0) is 28.9. The lowest BCUT2D eigenvalue weighted by molar-refractivity contribution is -0.136. The van der Waals surface area contributed by atoms with E-state index in [0.717, 1.165) is 18.4 Å². The number of amides is 3. The molecule has 1 aromatic carbocycles. The molecule has 2 atom stereocenters. The highest BCUT2D eigenvalue weighted by atomic mass is 19.3. The largest absolute Gasteiger partial charge is 0.489 e. The number of carbonyl (C=O) groups excluding carboxylic acids is 3. The van der Waals surface area contributed by atoms with Gasteiger partial charge in [-0.25, -0.2) is 4.98 Å². The highest BCUT2D eigenvalue weighted by Crippen LogP contribution is 2.39. The van der Waals surface area contributed by atoms with Crippen molar-refractivity contribution in [3.05, 3.63) is 53.3 Å².